The minimum absolute atomic E-state index is 1.23. The van der Waals surface area contributed by atoms with Gasteiger partial charge in [0.25, 0.3) is 0 Å². The summed E-state index contributed by atoms with van der Waals surface area (Å²) in [4.78, 5) is 5.06. The van der Waals surface area contributed by atoms with Gasteiger partial charge in [-0.15, -0.1) is 0 Å². The first-order chi connectivity index (χ1) is 17.8. The second-order valence-corrected chi connectivity index (χ2v) is 10.8. The normalized spacial score (nSPS) is 10.8. The first-order valence-corrected chi connectivity index (χ1v) is 13.7. The first-order valence-electron chi connectivity index (χ1n) is 12.0. The zero-order valence-corrected chi connectivity index (χ0v) is 21.3. The number of hydrogen-bond donors (Lipinski definition) is 0. The molecule has 0 aliphatic heterocycles. The van der Waals surface area contributed by atoms with E-state index in [4.69, 9.17) is 0 Å². The number of rotatable bonds is 5. The van der Waals surface area contributed by atoms with Crippen molar-refractivity contribution in [1.29, 1.82) is 0 Å². The SMILES string of the molecule is c1ccc(-c2cc(-c3cc(-c4ccccc4)[s+]c(-c4ccccc4)c3)cc(-c3ccccc3)[s+]2)cc1. The van der Waals surface area contributed by atoms with Crippen molar-refractivity contribution in [3.8, 4) is 52.9 Å². The first kappa shape index (κ1) is 22.5. The van der Waals surface area contributed by atoms with Gasteiger partial charge in [0.1, 0.15) is 0 Å². The van der Waals surface area contributed by atoms with Gasteiger partial charge in [-0.05, 0) is 59.7 Å². The van der Waals surface area contributed by atoms with Gasteiger partial charge in [0.05, 0.1) is 0 Å². The lowest BCUT2D eigenvalue weighted by Crippen LogP contribution is -1.86. The summed E-state index contributed by atoms with van der Waals surface area (Å²) in [5.41, 5.74) is 7.43. The van der Waals surface area contributed by atoms with Crippen LogP contribution >= 0.6 is 22.7 Å². The van der Waals surface area contributed by atoms with Crippen molar-refractivity contribution in [2.24, 2.45) is 0 Å². The van der Waals surface area contributed by atoms with E-state index in [-0.39, 0.29) is 0 Å². The van der Waals surface area contributed by atoms with Gasteiger partial charge in [-0.2, -0.15) is 0 Å². The highest BCUT2D eigenvalue weighted by atomic mass is 32.1. The molecule has 0 aliphatic rings. The van der Waals surface area contributed by atoms with Crippen LogP contribution in [-0.4, -0.2) is 0 Å². The fourth-order valence-electron chi connectivity index (χ4n) is 4.32. The van der Waals surface area contributed by atoms with Crippen LogP contribution in [0.1, 0.15) is 0 Å². The predicted octanol–water partition coefficient (Wildman–Crippen LogP) is 10.7. The molecule has 0 amide bonds. The van der Waals surface area contributed by atoms with E-state index in [0.717, 1.165) is 0 Å². The average molecular weight is 497 g/mol. The molecule has 0 fully saturated rings. The Morgan fingerprint density at radius 3 is 0.694 bits per heavy atom. The van der Waals surface area contributed by atoms with Gasteiger partial charge in [0, 0.05) is 46.5 Å². The lowest BCUT2D eigenvalue weighted by Gasteiger charge is -2.04. The van der Waals surface area contributed by atoms with E-state index in [9.17, 15) is 0 Å². The molecule has 4 aromatic carbocycles. The maximum atomic E-state index is 2.34. The quantitative estimate of drug-likeness (QED) is 0.208. The third-order valence-electron chi connectivity index (χ3n) is 6.15. The Hall–Kier alpha value is -3.98. The van der Waals surface area contributed by atoms with Crippen molar-refractivity contribution in [3.63, 3.8) is 0 Å². The van der Waals surface area contributed by atoms with Crippen molar-refractivity contribution in [2.75, 3.05) is 0 Å². The monoisotopic (exact) mass is 496 g/mol. The molecule has 0 saturated heterocycles. The molecule has 2 heterocycles. The van der Waals surface area contributed by atoms with Crippen molar-refractivity contribution >= 4 is 22.7 Å². The Morgan fingerprint density at radius 2 is 0.472 bits per heavy atom. The molecule has 0 bridgehead atoms. The Kier molecular flexibility index (Phi) is 6.45. The van der Waals surface area contributed by atoms with Gasteiger partial charge in [-0.25, -0.2) is 0 Å². The second kappa shape index (κ2) is 10.3. The Morgan fingerprint density at radius 1 is 0.250 bits per heavy atom. The molecular weight excluding hydrogens is 473 g/mol. The summed E-state index contributed by atoms with van der Waals surface area (Å²) in [5.74, 6) is 0. The van der Waals surface area contributed by atoms with Crippen LogP contribution in [0.4, 0.5) is 0 Å². The fourth-order valence-corrected chi connectivity index (χ4v) is 6.55. The van der Waals surface area contributed by atoms with Gasteiger partial charge in [0.15, 0.2) is 0 Å². The lowest BCUT2D eigenvalue weighted by atomic mass is 10.0. The molecule has 0 saturated carbocycles. The van der Waals surface area contributed by atoms with Crippen LogP contribution in [0, 0.1) is 0 Å². The Bertz CT molecular complexity index is 1350. The van der Waals surface area contributed by atoms with E-state index < -0.39 is 0 Å². The highest BCUT2D eigenvalue weighted by Crippen LogP contribution is 2.41. The topological polar surface area (TPSA) is 0 Å². The van der Waals surface area contributed by atoms with E-state index >= 15 is 0 Å². The van der Waals surface area contributed by atoms with Gasteiger partial charge in [-0.3, -0.25) is 0 Å². The predicted molar refractivity (Wildman–Crippen MR) is 158 cm³/mol. The maximum Gasteiger partial charge on any atom is 0.239 e. The third-order valence-corrected chi connectivity index (χ3v) is 8.45. The van der Waals surface area contributed by atoms with E-state index in [2.05, 4.69) is 146 Å². The fraction of sp³-hybridized carbons (Fsp3) is 0. The molecule has 0 nitrogen and oxygen atoms in total. The zero-order chi connectivity index (χ0) is 24.2. The third kappa shape index (κ3) is 4.87. The summed E-state index contributed by atoms with van der Waals surface area (Å²) in [6, 6.07) is 52.2. The molecule has 0 atom stereocenters. The van der Waals surface area contributed by atoms with E-state index in [1.165, 1.54) is 52.9 Å². The number of hydrogen-bond acceptors (Lipinski definition) is 0. The average Bonchev–Trinajstić information content (AvgIpc) is 2.98. The standard InChI is InChI=1S/C34H24S2/c1-5-13-25(14-6-1)31-21-29(22-32(35-31)26-15-7-2-8-16-26)30-23-33(27-17-9-3-10-18-27)36-34(24-30)28-19-11-4-12-20-28/h1-24H/q+2. The minimum atomic E-state index is 1.23. The summed E-state index contributed by atoms with van der Waals surface area (Å²) in [6.07, 6.45) is 0. The molecule has 0 aliphatic carbocycles. The van der Waals surface area contributed by atoms with Crippen LogP contribution in [0.5, 0.6) is 0 Å². The molecule has 6 rings (SSSR count). The van der Waals surface area contributed by atoms with Crippen molar-refractivity contribution in [3.05, 3.63) is 146 Å². The summed E-state index contributed by atoms with van der Waals surface area (Å²) in [7, 11) is 0. The molecule has 2 aromatic heterocycles. The molecule has 0 spiro atoms. The molecule has 170 valence electrons. The van der Waals surface area contributed by atoms with Crippen molar-refractivity contribution in [1.82, 2.24) is 0 Å². The van der Waals surface area contributed by atoms with Gasteiger partial charge < -0.3 is 0 Å². The molecule has 0 unspecified atom stereocenters. The highest BCUT2D eigenvalue weighted by molar-refractivity contribution is 7.19. The summed E-state index contributed by atoms with van der Waals surface area (Å²) >= 11 is 3.68. The van der Waals surface area contributed by atoms with Crippen LogP contribution < -0.4 is 0 Å². The van der Waals surface area contributed by atoms with Crippen LogP contribution in [-0.2, 0) is 0 Å². The molecule has 6 aromatic rings. The number of benzene rings is 4. The van der Waals surface area contributed by atoms with Crippen LogP contribution in [0.2, 0.25) is 0 Å². The largest absolute Gasteiger partial charge is 0.239 e. The summed E-state index contributed by atoms with van der Waals surface area (Å²) < 4.78 is 0. The molecular formula is C34H24S2+2. The molecule has 0 radical (unpaired) electrons. The van der Waals surface area contributed by atoms with Gasteiger partial charge >= 0.3 is 0 Å². The molecule has 36 heavy (non-hydrogen) atoms. The summed E-state index contributed by atoms with van der Waals surface area (Å²) in [5, 5.41) is 0. The van der Waals surface area contributed by atoms with Crippen molar-refractivity contribution in [2.45, 2.75) is 0 Å². The van der Waals surface area contributed by atoms with Crippen LogP contribution in [0.3, 0.4) is 0 Å². The smallest absolute Gasteiger partial charge is 0.0622 e. The van der Waals surface area contributed by atoms with Crippen molar-refractivity contribution < 1.29 is 0 Å². The van der Waals surface area contributed by atoms with E-state index in [0.29, 0.717) is 0 Å². The van der Waals surface area contributed by atoms with Gasteiger partial charge in [-0.1, -0.05) is 72.8 Å². The van der Waals surface area contributed by atoms with Crippen LogP contribution in [0.25, 0.3) is 52.9 Å². The molecule has 0 N–H and O–H groups in total. The molecule has 2 heteroatoms. The Labute approximate surface area is 220 Å². The van der Waals surface area contributed by atoms with E-state index in [1.807, 2.05) is 22.7 Å². The highest BCUT2D eigenvalue weighted by Gasteiger charge is 2.23. The minimum Gasteiger partial charge on any atom is -0.0622 e. The summed E-state index contributed by atoms with van der Waals surface area (Å²) in [6.45, 7) is 0. The van der Waals surface area contributed by atoms with E-state index in [1.54, 1.807) is 0 Å². The second-order valence-electron chi connectivity index (χ2n) is 8.61. The zero-order valence-electron chi connectivity index (χ0n) is 19.7. The maximum absolute atomic E-state index is 2.34. The van der Waals surface area contributed by atoms with Crippen LogP contribution in [0.15, 0.2) is 146 Å². The lowest BCUT2D eigenvalue weighted by molar-refractivity contribution is 1.63. The Balaban J connectivity index is 1.58. The van der Waals surface area contributed by atoms with Gasteiger partial charge in [0.2, 0.25) is 42.2 Å².